The minimum atomic E-state index is -4.48. The summed E-state index contributed by atoms with van der Waals surface area (Å²) in [6, 6.07) is 3.38. The summed E-state index contributed by atoms with van der Waals surface area (Å²) >= 11 is 0. The number of carbonyl (C=O) groups excluding carboxylic acids is 1. The maximum Gasteiger partial charge on any atom is 0.410 e. The number of aldehydes is 1. The summed E-state index contributed by atoms with van der Waals surface area (Å²) in [5, 5.41) is 0. The third-order valence-corrected chi connectivity index (χ3v) is 2.60. The van der Waals surface area contributed by atoms with Gasteiger partial charge in [0.15, 0.2) is 6.29 Å². The molecular formula is C13H13F3O. The van der Waals surface area contributed by atoms with Crippen molar-refractivity contribution in [2.75, 3.05) is 0 Å². The number of halogens is 3. The molecule has 0 aliphatic heterocycles. The average molecular weight is 242 g/mol. The Morgan fingerprint density at radius 3 is 2.06 bits per heavy atom. The molecule has 0 aromatic heterocycles. The smallest absolute Gasteiger partial charge is 0.298 e. The minimum absolute atomic E-state index is 0.0388. The van der Waals surface area contributed by atoms with E-state index in [-0.39, 0.29) is 17.9 Å². The van der Waals surface area contributed by atoms with Crippen molar-refractivity contribution >= 4 is 11.9 Å². The average Bonchev–Trinajstić information content (AvgIpc) is 2.19. The zero-order valence-corrected chi connectivity index (χ0v) is 9.85. The van der Waals surface area contributed by atoms with Crippen LogP contribution < -0.4 is 0 Å². The van der Waals surface area contributed by atoms with Gasteiger partial charge in [-0.25, -0.2) is 0 Å². The summed E-state index contributed by atoms with van der Waals surface area (Å²) in [5.41, 5.74) is 2.51. The molecule has 0 radical (unpaired) electrons. The van der Waals surface area contributed by atoms with E-state index in [1.54, 1.807) is 26.0 Å². The molecule has 0 saturated carbocycles. The summed E-state index contributed by atoms with van der Waals surface area (Å²) in [7, 11) is 0. The van der Waals surface area contributed by atoms with E-state index in [2.05, 4.69) is 0 Å². The van der Waals surface area contributed by atoms with Crippen LogP contribution in [0.5, 0.6) is 0 Å². The lowest BCUT2D eigenvalue weighted by Gasteiger charge is -2.10. The van der Waals surface area contributed by atoms with E-state index in [1.165, 1.54) is 0 Å². The van der Waals surface area contributed by atoms with E-state index in [4.69, 9.17) is 0 Å². The van der Waals surface area contributed by atoms with Crippen LogP contribution >= 0.6 is 0 Å². The van der Waals surface area contributed by atoms with Gasteiger partial charge in [-0.3, -0.25) is 4.79 Å². The fraction of sp³-hybridized carbons (Fsp3) is 0.308. The molecule has 1 aromatic rings. The van der Waals surface area contributed by atoms with Crippen LogP contribution in [0.1, 0.15) is 22.3 Å². The molecule has 0 aliphatic carbocycles. The van der Waals surface area contributed by atoms with Gasteiger partial charge in [-0.2, -0.15) is 13.2 Å². The highest BCUT2D eigenvalue weighted by molar-refractivity contribution is 6.07. The van der Waals surface area contributed by atoms with Gasteiger partial charge in [0.25, 0.3) is 0 Å². The Balaban J connectivity index is 3.36. The molecule has 0 amide bonds. The summed E-state index contributed by atoms with van der Waals surface area (Å²) in [4.78, 5) is 10.8. The van der Waals surface area contributed by atoms with E-state index in [0.717, 1.165) is 11.1 Å². The Morgan fingerprint density at radius 1 is 1.06 bits per heavy atom. The second-order valence-electron chi connectivity index (χ2n) is 4.01. The molecular weight excluding hydrogens is 229 g/mol. The lowest BCUT2D eigenvalue weighted by atomic mass is 9.96. The number of hydrogen-bond donors (Lipinski definition) is 0. The first kappa shape index (κ1) is 13.5. The lowest BCUT2D eigenvalue weighted by molar-refractivity contribution is -0.104. The summed E-state index contributed by atoms with van der Waals surface area (Å²) in [6.45, 7) is 5.37. The van der Waals surface area contributed by atoms with Gasteiger partial charge in [-0.1, -0.05) is 12.1 Å². The molecule has 0 bridgehead atoms. The molecule has 0 fully saturated rings. The van der Waals surface area contributed by atoms with Crippen LogP contribution in [0.3, 0.4) is 0 Å². The molecule has 1 rings (SSSR count). The SMILES string of the molecule is Cc1cc(C)c(/C(C=O)=C\C(F)(F)F)cc1C. The highest BCUT2D eigenvalue weighted by Crippen LogP contribution is 2.26. The fourth-order valence-electron chi connectivity index (χ4n) is 1.62. The maximum absolute atomic E-state index is 12.3. The molecule has 0 atom stereocenters. The molecule has 0 N–H and O–H groups in total. The number of aryl methyl sites for hydroxylation is 3. The van der Waals surface area contributed by atoms with Crippen molar-refractivity contribution in [1.29, 1.82) is 0 Å². The Kier molecular flexibility index (Phi) is 3.76. The van der Waals surface area contributed by atoms with E-state index in [0.29, 0.717) is 11.1 Å². The Morgan fingerprint density at radius 2 is 1.59 bits per heavy atom. The van der Waals surface area contributed by atoms with Gasteiger partial charge in [0.2, 0.25) is 0 Å². The predicted octanol–water partition coefficient (Wildman–Crippen LogP) is 3.76. The number of rotatable bonds is 2. The summed E-state index contributed by atoms with van der Waals surface area (Å²) in [5.74, 6) is 0. The highest BCUT2D eigenvalue weighted by Gasteiger charge is 2.25. The third kappa shape index (κ3) is 3.44. The molecule has 0 heterocycles. The minimum Gasteiger partial charge on any atom is -0.298 e. The van der Waals surface area contributed by atoms with Crippen molar-refractivity contribution in [3.63, 3.8) is 0 Å². The van der Waals surface area contributed by atoms with Crippen molar-refractivity contribution < 1.29 is 18.0 Å². The first-order valence-electron chi connectivity index (χ1n) is 5.07. The number of benzene rings is 1. The largest absolute Gasteiger partial charge is 0.410 e. The van der Waals surface area contributed by atoms with Crippen LogP contribution in [-0.4, -0.2) is 12.5 Å². The summed E-state index contributed by atoms with van der Waals surface area (Å²) in [6.07, 6.45) is -4.21. The molecule has 0 unspecified atom stereocenters. The highest BCUT2D eigenvalue weighted by atomic mass is 19.4. The zero-order valence-electron chi connectivity index (χ0n) is 9.85. The van der Waals surface area contributed by atoms with Gasteiger partial charge in [0, 0.05) is 11.6 Å². The molecule has 0 spiro atoms. The molecule has 17 heavy (non-hydrogen) atoms. The van der Waals surface area contributed by atoms with Crippen molar-refractivity contribution in [3.05, 3.63) is 40.5 Å². The normalized spacial score (nSPS) is 12.7. The molecule has 4 heteroatoms. The monoisotopic (exact) mass is 242 g/mol. The second kappa shape index (κ2) is 4.73. The fourth-order valence-corrected chi connectivity index (χ4v) is 1.62. The standard InChI is InChI=1S/C13H13F3O/c1-8-4-10(3)12(5-9(8)2)11(7-17)6-13(14,15)16/h4-7H,1-3H3/b11-6-. The van der Waals surface area contributed by atoms with Crippen molar-refractivity contribution in [2.45, 2.75) is 26.9 Å². The molecule has 1 nitrogen and oxygen atoms in total. The van der Waals surface area contributed by atoms with Crippen molar-refractivity contribution in [3.8, 4) is 0 Å². The van der Waals surface area contributed by atoms with Gasteiger partial charge >= 0.3 is 6.18 Å². The number of alkyl halides is 3. The number of carbonyl (C=O) groups is 1. The maximum atomic E-state index is 12.3. The van der Waals surface area contributed by atoms with Gasteiger partial charge in [-0.15, -0.1) is 0 Å². The molecule has 1 aromatic carbocycles. The van der Waals surface area contributed by atoms with E-state index < -0.39 is 6.18 Å². The van der Waals surface area contributed by atoms with E-state index in [9.17, 15) is 18.0 Å². The lowest BCUT2D eigenvalue weighted by Crippen LogP contribution is -2.05. The van der Waals surface area contributed by atoms with E-state index in [1.807, 2.05) is 6.92 Å². The zero-order chi connectivity index (χ0) is 13.2. The first-order valence-corrected chi connectivity index (χ1v) is 5.07. The van der Waals surface area contributed by atoms with Gasteiger partial charge in [-0.05, 0) is 43.0 Å². The van der Waals surface area contributed by atoms with E-state index >= 15 is 0 Å². The van der Waals surface area contributed by atoms with Crippen molar-refractivity contribution in [2.24, 2.45) is 0 Å². The quantitative estimate of drug-likeness (QED) is 0.570. The van der Waals surface area contributed by atoms with Crippen LogP contribution in [0.25, 0.3) is 5.57 Å². The molecule has 0 aliphatic rings. The number of hydrogen-bond acceptors (Lipinski definition) is 1. The van der Waals surface area contributed by atoms with Crippen LogP contribution in [0.4, 0.5) is 13.2 Å². The first-order chi connectivity index (χ1) is 7.74. The predicted molar refractivity (Wildman–Crippen MR) is 60.7 cm³/mol. The Hall–Kier alpha value is -1.58. The van der Waals surface area contributed by atoms with Crippen LogP contribution in [0, 0.1) is 20.8 Å². The molecule has 92 valence electrons. The van der Waals surface area contributed by atoms with Gasteiger partial charge in [0.1, 0.15) is 0 Å². The van der Waals surface area contributed by atoms with Gasteiger partial charge in [0.05, 0.1) is 0 Å². The van der Waals surface area contributed by atoms with Crippen molar-refractivity contribution in [1.82, 2.24) is 0 Å². The summed E-state index contributed by atoms with van der Waals surface area (Å²) < 4.78 is 36.8. The molecule has 0 saturated heterocycles. The Bertz CT molecular complexity index is 470. The van der Waals surface area contributed by atoms with Gasteiger partial charge < -0.3 is 0 Å². The van der Waals surface area contributed by atoms with Crippen LogP contribution in [0.2, 0.25) is 0 Å². The topological polar surface area (TPSA) is 17.1 Å². The number of allylic oxidation sites excluding steroid dienone is 2. The van der Waals surface area contributed by atoms with Crippen LogP contribution in [-0.2, 0) is 4.79 Å². The third-order valence-electron chi connectivity index (χ3n) is 2.60. The van der Waals surface area contributed by atoms with Crippen LogP contribution in [0.15, 0.2) is 18.2 Å². The second-order valence-corrected chi connectivity index (χ2v) is 4.01. The Labute approximate surface area is 98.0 Å².